The first-order valence-electron chi connectivity index (χ1n) is 6.75. The summed E-state index contributed by atoms with van der Waals surface area (Å²) in [7, 11) is 0. The third kappa shape index (κ3) is 2.72. The molecule has 0 saturated carbocycles. The van der Waals surface area contributed by atoms with E-state index in [4.69, 9.17) is 0 Å². The van der Waals surface area contributed by atoms with Crippen molar-refractivity contribution >= 4 is 5.91 Å². The maximum atomic E-state index is 12.3. The van der Waals surface area contributed by atoms with E-state index in [0.717, 1.165) is 31.4 Å². The Hall–Kier alpha value is -1.35. The van der Waals surface area contributed by atoms with Crippen LogP contribution in [0.3, 0.4) is 0 Å². The molecule has 18 heavy (non-hydrogen) atoms. The van der Waals surface area contributed by atoms with E-state index in [-0.39, 0.29) is 11.4 Å². The van der Waals surface area contributed by atoms with Gasteiger partial charge in [-0.3, -0.25) is 4.79 Å². The van der Waals surface area contributed by atoms with Crippen LogP contribution in [0.2, 0.25) is 0 Å². The van der Waals surface area contributed by atoms with Crippen LogP contribution < -0.4 is 10.6 Å². The Kier molecular flexibility index (Phi) is 4.02. The molecule has 0 radical (unpaired) electrons. The van der Waals surface area contributed by atoms with Gasteiger partial charge in [0, 0.05) is 6.54 Å². The van der Waals surface area contributed by atoms with Gasteiger partial charge in [0.15, 0.2) is 0 Å². The second-order valence-electron chi connectivity index (χ2n) is 5.13. The van der Waals surface area contributed by atoms with Gasteiger partial charge in [0.1, 0.15) is 0 Å². The molecule has 0 aromatic heterocycles. The number of hydrogen-bond acceptors (Lipinski definition) is 2. The normalized spacial score (nSPS) is 23.0. The monoisotopic (exact) mass is 246 g/mol. The number of carbonyl (C=O) groups is 1. The Morgan fingerprint density at radius 2 is 2.11 bits per heavy atom. The average molecular weight is 246 g/mol. The lowest BCUT2D eigenvalue weighted by Crippen LogP contribution is -2.52. The Morgan fingerprint density at radius 1 is 1.39 bits per heavy atom. The van der Waals surface area contributed by atoms with Gasteiger partial charge in [0.05, 0.1) is 5.54 Å². The Labute approximate surface area is 109 Å². The molecule has 1 aromatic carbocycles. The molecule has 0 aliphatic carbocycles. The Balaban J connectivity index is 1.93. The van der Waals surface area contributed by atoms with Crippen LogP contribution in [0, 0.1) is 6.92 Å². The molecule has 3 nitrogen and oxygen atoms in total. The summed E-state index contributed by atoms with van der Waals surface area (Å²) in [5.74, 6) is 0.142. The third-order valence-electron chi connectivity index (χ3n) is 3.86. The van der Waals surface area contributed by atoms with Crippen LogP contribution in [0.4, 0.5) is 0 Å². The SMILES string of the molecule is CCC1(C(=O)NCc2ccc(C)cc2)CCCN1. The topological polar surface area (TPSA) is 41.1 Å². The van der Waals surface area contributed by atoms with Gasteiger partial charge in [0.2, 0.25) is 5.91 Å². The lowest BCUT2D eigenvalue weighted by Gasteiger charge is -2.26. The van der Waals surface area contributed by atoms with Gasteiger partial charge < -0.3 is 10.6 Å². The fourth-order valence-corrected chi connectivity index (χ4v) is 2.52. The quantitative estimate of drug-likeness (QED) is 0.854. The van der Waals surface area contributed by atoms with E-state index in [1.165, 1.54) is 5.56 Å². The third-order valence-corrected chi connectivity index (χ3v) is 3.86. The molecule has 2 rings (SSSR count). The van der Waals surface area contributed by atoms with Gasteiger partial charge in [-0.05, 0) is 38.3 Å². The Morgan fingerprint density at radius 3 is 2.67 bits per heavy atom. The fourth-order valence-electron chi connectivity index (χ4n) is 2.52. The molecule has 1 heterocycles. The van der Waals surface area contributed by atoms with Gasteiger partial charge in [0.25, 0.3) is 0 Å². The van der Waals surface area contributed by atoms with Crippen molar-refractivity contribution in [3.63, 3.8) is 0 Å². The molecule has 0 bridgehead atoms. The van der Waals surface area contributed by atoms with Crippen LogP contribution in [0.25, 0.3) is 0 Å². The number of amides is 1. The smallest absolute Gasteiger partial charge is 0.240 e. The highest BCUT2D eigenvalue weighted by molar-refractivity contribution is 5.86. The number of carbonyl (C=O) groups excluding carboxylic acids is 1. The summed E-state index contributed by atoms with van der Waals surface area (Å²) in [4.78, 5) is 12.3. The predicted molar refractivity (Wildman–Crippen MR) is 73.3 cm³/mol. The lowest BCUT2D eigenvalue weighted by atomic mass is 9.93. The van der Waals surface area contributed by atoms with Crippen molar-refractivity contribution in [2.75, 3.05) is 6.54 Å². The predicted octanol–water partition coefficient (Wildman–Crippen LogP) is 2.14. The maximum Gasteiger partial charge on any atom is 0.240 e. The van der Waals surface area contributed by atoms with Crippen LogP contribution in [-0.2, 0) is 11.3 Å². The number of nitrogens with one attached hydrogen (secondary N) is 2. The molecule has 0 spiro atoms. The van der Waals surface area contributed by atoms with E-state index in [1.54, 1.807) is 0 Å². The molecular formula is C15H22N2O. The molecule has 1 atom stereocenters. The fraction of sp³-hybridized carbons (Fsp3) is 0.533. The van der Waals surface area contributed by atoms with E-state index < -0.39 is 0 Å². The molecule has 1 aliphatic rings. The van der Waals surface area contributed by atoms with E-state index in [2.05, 4.69) is 48.7 Å². The van der Waals surface area contributed by atoms with Gasteiger partial charge >= 0.3 is 0 Å². The van der Waals surface area contributed by atoms with Gasteiger partial charge in [-0.15, -0.1) is 0 Å². The standard InChI is InChI=1S/C15H22N2O/c1-3-15(9-4-10-17-15)14(18)16-11-13-7-5-12(2)6-8-13/h5-8,17H,3-4,9-11H2,1-2H3,(H,16,18). The summed E-state index contributed by atoms with van der Waals surface area (Å²) in [6, 6.07) is 8.28. The average Bonchev–Trinajstić information content (AvgIpc) is 2.88. The van der Waals surface area contributed by atoms with Gasteiger partial charge in [-0.25, -0.2) is 0 Å². The zero-order valence-electron chi connectivity index (χ0n) is 11.3. The number of hydrogen-bond donors (Lipinski definition) is 2. The van der Waals surface area contributed by atoms with Crippen LogP contribution in [0.1, 0.15) is 37.3 Å². The van der Waals surface area contributed by atoms with Crippen molar-refractivity contribution in [2.24, 2.45) is 0 Å². The van der Waals surface area contributed by atoms with Crippen molar-refractivity contribution in [3.05, 3.63) is 35.4 Å². The largest absolute Gasteiger partial charge is 0.350 e. The summed E-state index contributed by atoms with van der Waals surface area (Å²) < 4.78 is 0. The zero-order chi connectivity index (χ0) is 13.0. The zero-order valence-corrected chi connectivity index (χ0v) is 11.3. The van der Waals surface area contributed by atoms with Crippen LogP contribution >= 0.6 is 0 Å². The van der Waals surface area contributed by atoms with Crippen molar-refractivity contribution in [3.8, 4) is 0 Å². The molecule has 2 N–H and O–H groups in total. The molecule has 1 amide bonds. The van der Waals surface area contributed by atoms with Crippen molar-refractivity contribution in [1.29, 1.82) is 0 Å². The van der Waals surface area contributed by atoms with Gasteiger partial charge in [-0.2, -0.15) is 0 Å². The number of rotatable bonds is 4. The van der Waals surface area contributed by atoms with Crippen LogP contribution in [0.5, 0.6) is 0 Å². The van der Waals surface area contributed by atoms with Crippen molar-refractivity contribution in [1.82, 2.24) is 10.6 Å². The highest BCUT2D eigenvalue weighted by Crippen LogP contribution is 2.23. The second-order valence-corrected chi connectivity index (χ2v) is 5.13. The van der Waals surface area contributed by atoms with E-state index >= 15 is 0 Å². The van der Waals surface area contributed by atoms with Crippen molar-refractivity contribution in [2.45, 2.75) is 45.2 Å². The summed E-state index contributed by atoms with van der Waals surface area (Å²) in [5, 5.41) is 6.40. The Bertz CT molecular complexity index is 405. The first kappa shape index (κ1) is 13.1. The van der Waals surface area contributed by atoms with E-state index in [9.17, 15) is 4.79 Å². The highest BCUT2D eigenvalue weighted by atomic mass is 16.2. The minimum absolute atomic E-state index is 0.142. The lowest BCUT2D eigenvalue weighted by molar-refractivity contribution is -0.127. The molecule has 1 aromatic rings. The summed E-state index contributed by atoms with van der Waals surface area (Å²) in [6.07, 6.45) is 2.89. The first-order chi connectivity index (χ1) is 8.66. The van der Waals surface area contributed by atoms with Gasteiger partial charge in [-0.1, -0.05) is 36.8 Å². The molecule has 98 valence electrons. The molecule has 1 aliphatic heterocycles. The highest BCUT2D eigenvalue weighted by Gasteiger charge is 2.38. The molecule has 3 heteroatoms. The summed E-state index contributed by atoms with van der Waals surface area (Å²) in [6.45, 7) is 5.70. The second kappa shape index (κ2) is 5.53. The molecule has 1 unspecified atom stereocenters. The molecular weight excluding hydrogens is 224 g/mol. The number of aryl methyl sites for hydroxylation is 1. The van der Waals surface area contributed by atoms with Crippen LogP contribution in [-0.4, -0.2) is 18.0 Å². The number of benzene rings is 1. The minimum Gasteiger partial charge on any atom is -0.350 e. The van der Waals surface area contributed by atoms with E-state index in [1.807, 2.05) is 0 Å². The molecule has 1 fully saturated rings. The summed E-state index contributed by atoms with van der Waals surface area (Å²) >= 11 is 0. The van der Waals surface area contributed by atoms with E-state index in [0.29, 0.717) is 6.54 Å². The molecule has 1 saturated heterocycles. The first-order valence-corrected chi connectivity index (χ1v) is 6.75. The van der Waals surface area contributed by atoms with Crippen molar-refractivity contribution < 1.29 is 4.79 Å². The maximum absolute atomic E-state index is 12.3. The van der Waals surface area contributed by atoms with Crippen LogP contribution in [0.15, 0.2) is 24.3 Å². The summed E-state index contributed by atoms with van der Waals surface area (Å²) in [5.41, 5.74) is 2.07. The minimum atomic E-state index is -0.329.